The Bertz CT molecular complexity index is 1250. The molecule has 11 heteroatoms. The first kappa shape index (κ1) is 23.3. The number of rotatable bonds is 5. The van der Waals surface area contributed by atoms with Crippen LogP contribution in [-0.4, -0.2) is 21.1 Å². The number of nitrogens with zero attached hydrogens (tertiary/aromatic N) is 4. The first-order chi connectivity index (χ1) is 15.6. The number of anilines is 2. The zero-order chi connectivity index (χ0) is 23.8. The SMILES string of the molecule is Cc1ccc([C@@H]2O[P@](=O)(n3nc(NCc4ccc(Cl)nc4)c(C#N)c3N)OCC2(C)C)cc1. The summed E-state index contributed by atoms with van der Waals surface area (Å²) in [7, 11) is -3.98. The minimum atomic E-state index is -3.98. The van der Waals surface area contributed by atoms with Gasteiger partial charge >= 0.3 is 7.75 Å². The third-order valence-corrected chi connectivity index (χ3v) is 7.35. The van der Waals surface area contributed by atoms with Crippen molar-refractivity contribution in [2.45, 2.75) is 33.4 Å². The smallest absolute Gasteiger partial charge is 0.382 e. The molecule has 0 radical (unpaired) electrons. The van der Waals surface area contributed by atoms with Gasteiger partial charge in [0.15, 0.2) is 11.6 Å². The molecule has 3 aromatic rings. The Hall–Kier alpha value is -2.89. The molecule has 1 fully saturated rings. The van der Waals surface area contributed by atoms with Gasteiger partial charge in [0.2, 0.25) is 0 Å². The molecular weight excluding hydrogens is 463 g/mol. The van der Waals surface area contributed by atoms with Crippen molar-refractivity contribution in [3.63, 3.8) is 0 Å². The zero-order valence-corrected chi connectivity index (χ0v) is 20.1. The van der Waals surface area contributed by atoms with E-state index in [0.717, 1.165) is 21.1 Å². The molecule has 2 aromatic heterocycles. The molecule has 1 aliphatic rings. The molecular formula is C22H24ClN6O3P. The van der Waals surface area contributed by atoms with E-state index in [1.54, 1.807) is 18.3 Å². The molecule has 0 aliphatic carbocycles. The van der Waals surface area contributed by atoms with Gasteiger partial charge in [-0.3, -0.25) is 9.05 Å². The van der Waals surface area contributed by atoms with Crippen LogP contribution in [0.4, 0.5) is 11.6 Å². The van der Waals surface area contributed by atoms with E-state index in [9.17, 15) is 9.83 Å². The largest absolute Gasteiger partial charge is 0.457 e. The summed E-state index contributed by atoms with van der Waals surface area (Å²) in [6.07, 6.45) is 1.08. The van der Waals surface area contributed by atoms with E-state index in [-0.39, 0.29) is 23.8 Å². The summed E-state index contributed by atoms with van der Waals surface area (Å²) >= 11 is 5.82. The maximum absolute atomic E-state index is 13.8. The maximum atomic E-state index is 13.8. The molecule has 0 spiro atoms. The molecule has 3 N–H and O–H groups in total. The first-order valence-corrected chi connectivity index (χ1v) is 12.1. The Labute approximate surface area is 197 Å². The lowest BCUT2D eigenvalue weighted by atomic mass is 9.83. The fraction of sp³-hybridized carbons (Fsp3) is 0.318. The summed E-state index contributed by atoms with van der Waals surface area (Å²) in [5, 5.41) is 17.3. The van der Waals surface area contributed by atoms with Crippen molar-refractivity contribution in [1.29, 1.82) is 5.26 Å². The van der Waals surface area contributed by atoms with E-state index in [1.165, 1.54) is 0 Å². The number of hydrogen-bond donors (Lipinski definition) is 2. The Balaban J connectivity index is 1.64. The summed E-state index contributed by atoms with van der Waals surface area (Å²) in [6, 6.07) is 13.3. The fourth-order valence-electron chi connectivity index (χ4n) is 3.52. The van der Waals surface area contributed by atoms with Crippen LogP contribution in [0, 0.1) is 23.7 Å². The molecule has 0 saturated carbocycles. The van der Waals surface area contributed by atoms with Crippen molar-refractivity contribution in [2.24, 2.45) is 5.41 Å². The van der Waals surface area contributed by atoms with Gasteiger partial charge in [0, 0.05) is 18.2 Å². The number of hydrogen-bond acceptors (Lipinski definition) is 8. The van der Waals surface area contributed by atoms with Crippen molar-refractivity contribution in [1.82, 2.24) is 14.5 Å². The number of aromatic nitrogens is 3. The average Bonchev–Trinajstić information content (AvgIpc) is 3.12. The number of nitrogens with two attached hydrogens (primary N) is 1. The van der Waals surface area contributed by atoms with Crippen molar-refractivity contribution < 1.29 is 13.6 Å². The molecule has 0 bridgehead atoms. The quantitative estimate of drug-likeness (QED) is 0.377. The molecule has 33 heavy (non-hydrogen) atoms. The second kappa shape index (κ2) is 8.81. The predicted octanol–water partition coefficient (Wildman–Crippen LogP) is 5.08. The summed E-state index contributed by atoms with van der Waals surface area (Å²) in [6.45, 7) is 6.40. The van der Waals surface area contributed by atoms with Crippen molar-refractivity contribution in [3.8, 4) is 6.07 Å². The molecule has 3 heterocycles. The summed E-state index contributed by atoms with van der Waals surface area (Å²) in [4.78, 5) is 4.02. The van der Waals surface area contributed by atoms with Gasteiger partial charge in [0.25, 0.3) is 0 Å². The Kier molecular flexibility index (Phi) is 6.21. The number of pyridine rings is 1. The van der Waals surface area contributed by atoms with E-state index in [1.807, 2.05) is 51.1 Å². The number of nitrogens with one attached hydrogen (secondary N) is 1. The lowest BCUT2D eigenvalue weighted by Crippen LogP contribution is -2.34. The Morgan fingerprint density at radius 3 is 2.70 bits per heavy atom. The van der Waals surface area contributed by atoms with Crippen LogP contribution < -0.4 is 11.1 Å². The van der Waals surface area contributed by atoms with Crippen LogP contribution in [-0.2, 0) is 20.2 Å². The van der Waals surface area contributed by atoms with Gasteiger partial charge in [0.05, 0.1) is 6.61 Å². The molecule has 4 rings (SSSR count). The van der Waals surface area contributed by atoms with Gasteiger partial charge in [-0.05, 0) is 24.1 Å². The summed E-state index contributed by atoms with van der Waals surface area (Å²) in [5.41, 5.74) is 8.56. The zero-order valence-electron chi connectivity index (χ0n) is 18.4. The molecule has 1 aliphatic heterocycles. The highest BCUT2D eigenvalue weighted by molar-refractivity contribution is 7.52. The monoisotopic (exact) mass is 486 g/mol. The van der Waals surface area contributed by atoms with Gasteiger partial charge in [-0.15, -0.1) is 9.55 Å². The van der Waals surface area contributed by atoms with Crippen LogP contribution in [0.1, 0.15) is 42.2 Å². The Morgan fingerprint density at radius 2 is 2.06 bits per heavy atom. The van der Waals surface area contributed by atoms with Gasteiger partial charge in [0.1, 0.15) is 22.9 Å². The first-order valence-electron chi connectivity index (χ1n) is 10.3. The maximum Gasteiger partial charge on any atom is 0.457 e. The predicted molar refractivity (Wildman–Crippen MR) is 126 cm³/mol. The van der Waals surface area contributed by atoms with E-state index >= 15 is 0 Å². The number of nitriles is 1. The van der Waals surface area contributed by atoms with Crippen molar-refractivity contribution >= 4 is 31.0 Å². The fourth-order valence-corrected chi connectivity index (χ4v) is 5.62. The third-order valence-electron chi connectivity index (χ3n) is 5.42. The van der Waals surface area contributed by atoms with E-state index in [2.05, 4.69) is 15.4 Å². The van der Waals surface area contributed by atoms with E-state index in [0.29, 0.717) is 11.7 Å². The lowest BCUT2D eigenvalue weighted by molar-refractivity contribution is -0.0304. The molecule has 0 unspecified atom stereocenters. The minimum absolute atomic E-state index is 0.0519. The van der Waals surface area contributed by atoms with E-state index < -0.39 is 19.3 Å². The Morgan fingerprint density at radius 1 is 1.33 bits per heavy atom. The molecule has 0 amide bonds. The molecule has 1 saturated heterocycles. The molecule has 9 nitrogen and oxygen atoms in total. The van der Waals surface area contributed by atoms with Gasteiger partial charge in [-0.25, -0.2) is 9.55 Å². The number of benzene rings is 1. The molecule has 172 valence electrons. The third kappa shape index (κ3) is 4.61. The van der Waals surface area contributed by atoms with Crippen LogP contribution in [0.5, 0.6) is 0 Å². The standard InChI is InChI=1S/C22H24ClN6O3P/c1-14-4-7-16(8-5-14)19-22(2,3)13-31-33(30,32-19)29-20(25)17(10-24)21(28-29)27-12-15-6-9-18(23)26-11-15/h4-9,11,19H,12-13,25H2,1-3H3,(H,27,28)/t19-,33-/m0/s1. The lowest BCUT2D eigenvalue weighted by Gasteiger charge is -2.41. The van der Waals surface area contributed by atoms with Gasteiger partial charge in [-0.2, -0.15) is 5.26 Å². The van der Waals surface area contributed by atoms with Gasteiger partial charge in [-0.1, -0.05) is 61.3 Å². The van der Waals surface area contributed by atoms with Crippen LogP contribution in [0.25, 0.3) is 0 Å². The normalized spacial score (nSPS) is 22.0. The summed E-state index contributed by atoms with van der Waals surface area (Å²) in [5.74, 6) is 0.0732. The van der Waals surface area contributed by atoms with E-state index in [4.69, 9.17) is 26.4 Å². The second-order valence-corrected chi connectivity index (χ2v) is 10.8. The highest BCUT2D eigenvalue weighted by Gasteiger charge is 2.48. The van der Waals surface area contributed by atoms with Crippen LogP contribution in [0.15, 0.2) is 42.6 Å². The van der Waals surface area contributed by atoms with Crippen LogP contribution in [0.2, 0.25) is 5.15 Å². The molecule has 1 aromatic carbocycles. The number of aryl methyl sites for hydroxylation is 1. The van der Waals surface area contributed by atoms with Crippen molar-refractivity contribution in [2.75, 3.05) is 17.7 Å². The number of nitrogen functional groups attached to an aromatic ring is 1. The van der Waals surface area contributed by atoms with Gasteiger partial charge < -0.3 is 11.1 Å². The molecule has 2 atom stereocenters. The van der Waals surface area contributed by atoms with Crippen molar-refractivity contribution in [3.05, 3.63) is 70.0 Å². The van der Waals surface area contributed by atoms with Crippen LogP contribution in [0.3, 0.4) is 0 Å². The topological polar surface area (TPSA) is 128 Å². The highest BCUT2D eigenvalue weighted by Crippen LogP contribution is 2.62. The summed E-state index contributed by atoms with van der Waals surface area (Å²) < 4.78 is 26.6. The second-order valence-electron chi connectivity index (χ2n) is 8.58. The number of halogens is 1. The highest BCUT2D eigenvalue weighted by atomic mass is 35.5. The van der Waals surface area contributed by atoms with Crippen LogP contribution >= 0.6 is 19.3 Å². The average molecular weight is 487 g/mol. The minimum Gasteiger partial charge on any atom is -0.382 e.